The lowest BCUT2D eigenvalue weighted by Gasteiger charge is -2.10. The second kappa shape index (κ2) is 8.12. The molecule has 146 valence electrons. The highest BCUT2D eigenvalue weighted by Gasteiger charge is 2.21. The molecule has 1 aromatic carbocycles. The number of nitro groups is 1. The van der Waals surface area contributed by atoms with Crippen LogP contribution in [0.15, 0.2) is 39.9 Å². The summed E-state index contributed by atoms with van der Waals surface area (Å²) in [5, 5.41) is 10.7. The third-order valence-corrected chi connectivity index (χ3v) is 3.83. The minimum atomic E-state index is -0.903. The molecule has 0 saturated carbocycles. The zero-order valence-corrected chi connectivity index (χ0v) is 14.9. The number of anilines is 1. The predicted octanol–water partition coefficient (Wildman–Crippen LogP) is 0.0137. The maximum absolute atomic E-state index is 12.2. The molecule has 11 heteroatoms. The number of carbonyl (C=O) groups is 2. The molecule has 0 spiro atoms. The number of nitrogens with zero attached hydrogens (tertiary/aromatic N) is 3. The fourth-order valence-electron chi connectivity index (χ4n) is 2.29. The van der Waals surface area contributed by atoms with E-state index in [-0.39, 0.29) is 11.5 Å². The second-order valence-corrected chi connectivity index (χ2v) is 5.68. The Kier molecular flexibility index (Phi) is 5.88. The normalized spacial score (nSPS) is 10.8. The number of hydrogen-bond donors (Lipinski definition) is 1. The number of ketones is 1. The number of nitrogen functional groups attached to an aromatic ring is 1. The number of rotatable bonds is 6. The Morgan fingerprint density at radius 1 is 1.25 bits per heavy atom. The van der Waals surface area contributed by atoms with Crippen molar-refractivity contribution in [1.82, 2.24) is 9.13 Å². The van der Waals surface area contributed by atoms with Gasteiger partial charge in [-0.2, -0.15) is 0 Å². The average Bonchev–Trinajstić information content (AvgIpc) is 2.68. The van der Waals surface area contributed by atoms with Crippen molar-refractivity contribution in [2.45, 2.75) is 0 Å². The van der Waals surface area contributed by atoms with Crippen molar-refractivity contribution in [2.75, 3.05) is 12.3 Å². The van der Waals surface area contributed by atoms with Crippen molar-refractivity contribution in [3.63, 3.8) is 0 Å². The second-order valence-electron chi connectivity index (χ2n) is 5.68. The molecule has 0 aliphatic heterocycles. The zero-order chi connectivity index (χ0) is 21.0. The molecule has 1 aromatic heterocycles. The molecule has 1 heterocycles. The number of hydrogen-bond acceptors (Lipinski definition) is 8. The summed E-state index contributed by atoms with van der Waals surface area (Å²) in [6, 6.07) is 5.54. The van der Waals surface area contributed by atoms with Gasteiger partial charge in [0.05, 0.1) is 4.92 Å². The number of nitro benzene ring substituents is 1. The molecule has 11 nitrogen and oxygen atoms in total. The van der Waals surface area contributed by atoms with E-state index in [4.69, 9.17) is 10.5 Å². The molecule has 0 fully saturated rings. The number of Topliss-reactive ketones (excluding diaryl/α,β-unsaturated/α-hetero) is 1. The van der Waals surface area contributed by atoms with Gasteiger partial charge in [0.15, 0.2) is 6.61 Å². The molecule has 0 aliphatic rings. The maximum atomic E-state index is 12.2. The molecular weight excluding hydrogens is 372 g/mol. The van der Waals surface area contributed by atoms with Crippen molar-refractivity contribution in [3.8, 4) is 0 Å². The number of nitrogens with two attached hydrogens (primary N) is 1. The molecule has 2 rings (SSSR count). The van der Waals surface area contributed by atoms with E-state index in [0.717, 1.165) is 10.6 Å². The van der Waals surface area contributed by atoms with Crippen molar-refractivity contribution in [2.24, 2.45) is 14.1 Å². The van der Waals surface area contributed by atoms with E-state index in [0.29, 0.717) is 10.1 Å². The summed E-state index contributed by atoms with van der Waals surface area (Å²) >= 11 is 0. The minimum Gasteiger partial charge on any atom is -0.454 e. The van der Waals surface area contributed by atoms with Gasteiger partial charge >= 0.3 is 11.7 Å². The Bertz CT molecular complexity index is 1110. The van der Waals surface area contributed by atoms with Gasteiger partial charge in [0.25, 0.3) is 11.2 Å². The highest BCUT2D eigenvalue weighted by atomic mass is 16.6. The molecule has 2 N–H and O–H groups in total. The summed E-state index contributed by atoms with van der Waals surface area (Å²) in [4.78, 5) is 57.9. The Hall–Kier alpha value is -4.02. The molecule has 0 unspecified atom stereocenters. The highest BCUT2D eigenvalue weighted by molar-refractivity contribution is 6.01. The van der Waals surface area contributed by atoms with Crippen LogP contribution in [0.3, 0.4) is 0 Å². The van der Waals surface area contributed by atoms with Crippen molar-refractivity contribution < 1.29 is 19.2 Å². The summed E-state index contributed by atoms with van der Waals surface area (Å²) in [5.74, 6) is -2.10. The Morgan fingerprint density at radius 2 is 1.93 bits per heavy atom. The SMILES string of the molecule is Cn1c(N)c(C(=O)COC(=O)C=Cc2cccc([N+](=O)[O-])c2)c(=O)n(C)c1=O. The van der Waals surface area contributed by atoms with Gasteiger partial charge < -0.3 is 10.5 Å². The number of aromatic nitrogens is 2. The van der Waals surface area contributed by atoms with Gasteiger partial charge in [-0.1, -0.05) is 12.1 Å². The summed E-state index contributed by atoms with van der Waals surface area (Å²) in [6.45, 7) is -0.768. The maximum Gasteiger partial charge on any atom is 0.332 e. The van der Waals surface area contributed by atoms with Crippen LogP contribution in [-0.4, -0.2) is 32.4 Å². The van der Waals surface area contributed by atoms with Crippen molar-refractivity contribution in [3.05, 3.63) is 72.4 Å². The number of non-ortho nitro benzene ring substituents is 1. The van der Waals surface area contributed by atoms with Gasteiger partial charge in [-0.25, -0.2) is 9.59 Å². The lowest BCUT2D eigenvalue weighted by molar-refractivity contribution is -0.384. The van der Waals surface area contributed by atoms with Crippen LogP contribution in [0.1, 0.15) is 15.9 Å². The Labute approximate surface area is 157 Å². The molecule has 28 heavy (non-hydrogen) atoms. The average molecular weight is 388 g/mol. The van der Waals surface area contributed by atoms with Gasteiger partial charge in [0.2, 0.25) is 5.78 Å². The van der Waals surface area contributed by atoms with Gasteiger partial charge in [0, 0.05) is 32.3 Å². The van der Waals surface area contributed by atoms with Crippen LogP contribution in [0, 0.1) is 10.1 Å². The van der Waals surface area contributed by atoms with E-state index in [1.807, 2.05) is 0 Å². The molecule has 0 radical (unpaired) electrons. The molecule has 0 atom stereocenters. The van der Waals surface area contributed by atoms with Crippen LogP contribution in [0.2, 0.25) is 0 Å². The molecule has 2 aromatic rings. The topological polar surface area (TPSA) is 157 Å². The number of carbonyl (C=O) groups excluding carboxylic acids is 2. The first-order chi connectivity index (χ1) is 13.1. The smallest absolute Gasteiger partial charge is 0.332 e. The minimum absolute atomic E-state index is 0.147. The molecular formula is C17H16N4O7. The van der Waals surface area contributed by atoms with Gasteiger partial charge in [-0.15, -0.1) is 0 Å². The lowest BCUT2D eigenvalue weighted by Crippen LogP contribution is -2.42. The Balaban J connectivity index is 2.11. The van der Waals surface area contributed by atoms with Gasteiger partial charge in [-0.05, 0) is 11.6 Å². The van der Waals surface area contributed by atoms with Crippen LogP contribution < -0.4 is 17.0 Å². The van der Waals surface area contributed by atoms with Crippen molar-refractivity contribution in [1.29, 1.82) is 0 Å². The lowest BCUT2D eigenvalue weighted by atomic mass is 10.2. The first-order valence-corrected chi connectivity index (χ1v) is 7.81. The van der Waals surface area contributed by atoms with Crippen LogP contribution >= 0.6 is 0 Å². The van der Waals surface area contributed by atoms with Gasteiger partial charge in [0.1, 0.15) is 11.4 Å². The monoisotopic (exact) mass is 388 g/mol. The summed E-state index contributed by atoms with van der Waals surface area (Å²) < 4.78 is 6.42. The summed E-state index contributed by atoms with van der Waals surface area (Å²) in [7, 11) is 2.48. The van der Waals surface area contributed by atoms with Crippen LogP contribution in [0.25, 0.3) is 6.08 Å². The molecule has 0 aliphatic carbocycles. The van der Waals surface area contributed by atoms with Crippen LogP contribution in [0.4, 0.5) is 11.5 Å². The molecule has 0 bridgehead atoms. The largest absolute Gasteiger partial charge is 0.454 e. The standard InChI is InChI=1S/C17H16N4O7/c1-19-15(18)14(16(24)20(2)17(19)25)12(22)9-28-13(23)7-6-10-4-3-5-11(8-10)21(26)27/h3-8H,9,18H2,1-2H3. The number of esters is 1. The first-order valence-electron chi connectivity index (χ1n) is 7.81. The fourth-order valence-corrected chi connectivity index (χ4v) is 2.29. The third-order valence-electron chi connectivity index (χ3n) is 3.83. The van der Waals surface area contributed by atoms with E-state index in [9.17, 15) is 29.3 Å². The van der Waals surface area contributed by atoms with E-state index in [1.54, 1.807) is 0 Å². The van der Waals surface area contributed by atoms with E-state index >= 15 is 0 Å². The zero-order valence-electron chi connectivity index (χ0n) is 14.9. The quantitative estimate of drug-likeness (QED) is 0.238. The van der Waals surface area contributed by atoms with Gasteiger partial charge in [-0.3, -0.25) is 28.8 Å². The summed E-state index contributed by atoms with van der Waals surface area (Å²) in [6.07, 6.45) is 2.26. The predicted molar refractivity (Wildman–Crippen MR) is 98.8 cm³/mol. The van der Waals surface area contributed by atoms with E-state index in [1.165, 1.54) is 44.4 Å². The first kappa shape index (κ1) is 20.3. The highest BCUT2D eigenvalue weighted by Crippen LogP contribution is 2.14. The number of ether oxygens (including phenoxy) is 1. The van der Waals surface area contributed by atoms with Crippen LogP contribution in [-0.2, 0) is 23.6 Å². The molecule has 0 amide bonds. The number of benzene rings is 1. The van der Waals surface area contributed by atoms with E-state index < -0.39 is 40.1 Å². The summed E-state index contributed by atoms with van der Waals surface area (Å²) in [5.41, 5.74) is 3.84. The molecule has 0 saturated heterocycles. The van der Waals surface area contributed by atoms with Crippen molar-refractivity contribution >= 4 is 29.3 Å². The fraction of sp³-hybridized carbons (Fsp3) is 0.176. The third kappa shape index (κ3) is 4.20. The van der Waals surface area contributed by atoms with E-state index in [2.05, 4.69) is 0 Å². The van der Waals surface area contributed by atoms with Crippen LogP contribution in [0.5, 0.6) is 0 Å². The Morgan fingerprint density at radius 3 is 2.57 bits per heavy atom.